The van der Waals surface area contributed by atoms with Gasteiger partial charge in [0.1, 0.15) is 0 Å². The van der Waals surface area contributed by atoms with Crippen LogP contribution in [0.3, 0.4) is 0 Å². The van der Waals surface area contributed by atoms with Crippen molar-refractivity contribution in [1.29, 1.82) is 0 Å². The van der Waals surface area contributed by atoms with Gasteiger partial charge in [-0.1, -0.05) is 6.42 Å². The number of hydrogen-bond acceptors (Lipinski definition) is 3. The Labute approximate surface area is 142 Å². The molecule has 0 aliphatic carbocycles. The lowest BCUT2D eigenvalue weighted by atomic mass is 10.1. The van der Waals surface area contributed by atoms with Crippen molar-refractivity contribution in [3.8, 4) is 0 Å². The number of hydrogen-bond donors (Lipinski definition) is 2. The second kappa shape index (κ2) is 9.46. The normalized spacial score (nSPS) is 24.3. The Morgan fingerprint density at radius 2 is 1.83 bits per heavy atom. The van der Waals surface area contributed by atoms with Crippen LogP contribution in [0.5, 0.6) is 0 Å². The maximum atomic E-state index is 12.4. The number of alkyl halides is 3. The smallest absolute Gasteiger partial charge is 0.356 e. The predicted molar refractivity (Wildman–Crippen MR) is 90.3 cm³/mol. The average Bonchev–Trinajstić information content (AvgIpc) is 2.97. The summed E-state index contributed by atoms with van der Waals surface area (Å²) in [5.41, 5.74) is 0. The summed E-state index contributed by atoms with van der Waals surface area (Å²) in [6, 6.07) is 0. The van der Waals surface area contributed by atoms with Crippen LogP contribution in [0.15, 0.2) is 4.99 Å². The highest BCUT2D eigenvalue weighted by Gasteiger charge is 2.34. The Morgan fingerprint density at radius 1 is 1.08 bits per heavy atom. The van der Waals surface area contributed by atoms with Crippen molar-refractivity contribution >= 4 is 5.96 Å². The van der Waals surface area contributed by atoms with E-state index in [2.05, 4.69) is 20.5 Å². The van der Waals surface area contributed by atoms with Gasteiger partial charge in [-0.3, -0.25) is 9.89 Å². The summed E-state index contributed by atoms with van der Waals surface area (Å²) in [5, 5.41) is 6.54. The van der Waals surface area contributed by atoms with Crippen molar-refractivity contribution in [3.05, 3.63) is 0 Å². The van der Waals surface area contributed by atoms with Crippen LogP contribution in [0.4, 0.5) is 13.2 Å². The van der Waals surface area contributed by atoms with Gasteiger partial charge in [0.15, 0.2) is 5.96 Å². The summed E-state index contributed by atoms with van der Waals surface area (Å²) in [7, 11) is 1.72. The molecule has 24 heavy (non-hydrogen) atoms. The van der Waals surface area contributed by atoms with E-state index in [4.69, 9.17) is 0 Å². The van der Waals surface area contributed by atoms with Crippen molar-refractivity contribution in [1.82, 2.24) is 20.4 Å². The molecular weight excluding hydrogens is 319 g/mol. The largest absolute Gasteiger partial charge is 0.401 e. The Kier molecular flexibility index (Phi) is 7.61. The number of likely N-dealkylation sites (tertiary alicyclic amines) is 2. The predicted octanol–water partition coefficient (Wildman–Crippen LogP) is 1.52. The van der Waals surface area contributed by atoms with Gasteiger partial charge in [0.25, 0.3) is 0 Å². The van der Waals surface area contributed by atoms with Crippen LogP contribution in [0.1, 0.15) is 25.7 Å². The number of rotatable bonds is 6. The molecule has 0 aromatic rings. The molecule has 2 aliphatic rings. The minimum absolute atomic E-state index is 0.244. The molecule has 0 saturated carbocycles. The molecule has 0 bridgehead atoms. The van der Waals surface area contributed by atoms with E-state index in [0.29, 0.717) is 19.6 Å². The number of nitrogens with zero attached hydrogens (tertiary/aromatic N) is 3. The van der Waals surface area contributed by atoms with Gasteiger partial charge in [-0.15, -0.1) is 0 Å². The first-order chi connectivity index (χ1) is 11.5. The van der Waals surface area contributed by atoms with E-state index in [1.54, 1.807) is 7.05 Å². The Morgan fingerprint density at radius 3 is 2.50 bits per heavy atom. The fraction of sp³-hybridized carbons (Fsp3) is 0.938. The van der Waals surface area contributed by atoms with Crippen molar-refractivity contribution in [2.45, 2.75) is 31.9 Å². The van der Waals surface area contributed by atoms with Crippen molar-refractivity contribution in [2.75, 3.05) is 59.4 Å². The van der Waals surface area contributed by atoms with Crippen molar-refractivity contribution in [3.63, 3.8) is 0 Å². The molecule has 1 unspecified atom stereocenters. The lowest BCUT2D eigenvalue weighted by molar-refractivity contribution is -0.143. The zero-order chi connectivity index (χ0) is 17.4. The molecule has 2 rings (SSSR count). The Hall–Kier alpha value is -1.02. The fourth-order valence-electron chi connectivity index (χ4n) is 3.45. The first-order valence-corrected chi connectivity index (χ1v) is 8.92. The van der Waals surface area contributed by atoms with Gasteiger partial charge in [0.2, 0.25) is 0 Å². The van der Waals surface area contributed by atoms with Gasteiger partial charge >= 0.3 is 6.18 Å². The standard InChI is InChI=1S/C16H30F3N5/c1-20-15(21-6-10-23-7-3-2-4-8-23)22-11-14-5-9-24(12-14)13-16(17,18)19/h14H,2-13H2,1H3,(H2,20,21,22). The third-order valence-corrected chi connectivity index (χ3v) is 4.72. The molecule has 2 fully saturated rings. The second-order valence-electron chi connectivity index (χ2n) is 6.79. The van der Waals surface area contributed by atoms with Crippen molar-refractivity contribution in [2.24, 2.45) is 10.9 Å². The van der Waals surface area contributed by atoms with Gasteiger partial charge in [-0.2, -0.15) is 13.2 Å². The van der Waals surface area contributed by atoms with E-state index in [0.717, 1.165) is 25.5 Å². The highest BCUT2D eigenvalue weighted by atomic mass is 19.4. The molecule has 0 radical (unpaired) electrons. The van der Waals surface area contributed by atoms with Crippen LogP contribution in [0.25, 0.3) is 0 Å². The second-order valence-corrected chi connectivity index (χ2v) is 6.79. The molecular formula is C16H30F3N5. The molecule has 140 valence electrons. The molecule has 5 nitrogen and oxygen atoms in total. The van der Waals surface area contributed by atoms with Crippen LogP contribution in [0.2, 0.25) is 0 Å². The molecule has 2 heterocycles. The molecule has 0 spiro atoms. The maximum Gasteiger partial charge on any atom is 0.401 e. The number of aliphatic imine (C=N–C) groups is 1. The van der Waals surface area contributed by atoms with E-state index in [9.17, 15) is 13.2 Å². The minimum Gasteiger partial charge on any atom is -0.356 e. The summed E-state index contributed by atoms with van der Waals surface area (Å²) < 4.78 is 37.2. The molecule has 2 saturated heterocycles. The van der Waals surface area contributed by atoms with Crippen LogP contribution >= 0.6 is 0 Å². The molecule has 8 heteroatoms. The zero-order valence-electron chi connectivity index (χ0n) is 14.5. The number of nitrogens with one attached hydrogen (secondary N) is 2. The number of piperidine rings is 1. The SMILES string of the molecule is CN=C(NCCN1CCCCC1)NCC1CCN(CC(F)(F)F)C1. The van der Waals surface area contributed by atoms with Crippen LogP contribution in [0, 0.1) is 5.92 Å². The highest BCUT2D eigenvalue weighted by Crippen LogP contribution is 2.22. The van der Waals surface area contributed by atoms with E-state index < -0.39 is 12.7 Å². The monoisotopic (exact) mass is 349 g/mol. The summed E-state index contributed by atoms with van der Waals surface area (Å²) in [6.07, 6.45) is 0.592. The first-order valence-electron chi connectivity index (χ1n) is 8.92. The molecule has 1 atom stereocenters. The van der Waals surface area contributed by atoms with Crippen LogP contribution in [-0.2, 0) is 0 Å². The zero-order valence-corrected chi connectivity index (χ0v) is 14.5. The third kappa shape index (κ3) is 7.25. The lowest BCUT2D eigenvalue weighted by Gasteiger charge is -2.26. The number of guanidine groups is 1. The van der Waals surface area contributed by atoms with Gasteiger partial charge in [-0.05, 0) is 44.8 Å². The molecule has 0 aromatic carbocycles. The van der Waals surface area contributed by atoms with Crippen LogP contribution < -0.4 is 10.6 Å². The summed E-state index contributed by atoms with van der Waals surface area (Å²) >= 11 is 0. The third-order valence-electron chi connectivity index (χ3n) is 4.72. The van der Waals surface area contributed by atoms with E-state index in [1.807, 2.05) is 0 Å². The summed E-state index contributed by atoms with van der Waals surface area (Å²) in [6.45, 7) is 5.07. The number of halogens is 3. The van der Waals surface area contributed by atoms with Crippen LogP contribution in [-0.4, -0.2) is 81.3 Å². The lowest BCUT2D eigenvalue weighted by Crippen LogP contribution is -2.44. The molecule has 2 aliphatic heterocycles. The summed E-state index contributed by atoms with van der Waals surface area (Å²) in [4.78, 5) is 8.13. The van der Waals surface area contributed by atoms with Gasteiger partial charge in [0.05, 0.1) is 6.54 Å². The molecule has 0 amide bonds. The topological polar surface area (TPSA) is 42.9 Å². The van der Waals surface area contributed by atoms with Crippen molar-refractivity contribution < 1.29 is 13.2 Å². The van der Waals surface area contributed by atoms with E-state index >= 15 is 0 Å². The van der Waals surface area contributed by atoms with Gasteiger partial charge < -0.3 is 15.5 Å². The highest BCUT2D eigenvalue weighted by molar-refractivity contribution is 5.79. The minimum atomic E-state index is -4.10. The van der Waals surface area contributed by atoms with Gasteiger partial charge in [0, 0.05) is 33.2 Å². The maximum absolute atomic E-state index is 12.4. The average molecular weight is 349 g/mol. The fourth-order valence-corrected chi connectivity index (χ4v) is 3.45. The van der Waals surface area contributed by atoms with E-state index in [1.165, 1.54) is 37.3 Å². The quantitative estimate of drug-likeness (QED) is 0.564. The van der Waals surface area contributed by atoms with Gasteiger partial charge in [-0.25, -0.2) is 0 Å². The Balaban J connectivity index is 1.59. The Bertz CT molecular complexity index is 394. The molecule has 2 N–H and O–H groups in total. The first kappa shape index (κ1) is 19.3. The van der Waals surface area contributed by atoms with E-state index in [-0.39, 0.29) is 5.92 Å². The molecule has 0 aromatic heterocycles. The summed E-state index contributed by atoms with van der Waals surface area (Å²) in [5.74, 6) is 0.981.